The molecule has 0 radical (unpaired) electrons. The van der Waals surface area contributed by atoms with E-state index in [2.05, 4.69) is 20.6 Å². The van der Waals surface area contributed by atoms with Crippen LogP contribution >= 0.6 is 0 Å². The number of para-hydroxylation sites is 2. The third-order valence-corrected chi connectivity index (χ3v) is 5.43. The molecule has 0 bridgehead atoms. The van der Waals surface area contributed by atoms with Gasteiger partial charge in [-0.15, -0.1) is 0 Å². The Kier molecular flexibility index (Phi) is 5.41. The maximum atomic E-state index is 12.8. The van der Waals surface area contributed by atoms with Crippen LogP contribution in [0.1, 0.15) is 10.4 Å². The zero-order chi connectivity index (χ0) is 22.8. The van der Waals surface area contributed by atoms with E-state index in [4.69, 9.17) is 4.42 Å². The van der Waals surface area contributed by atoms with Gasteiger partial charge in [-0.25, -0.2) is 4.98 Å². The zero-order valence-corrected chi connectivity index (χ0v) is 17.5. The first-order valence-corrected chi connectivity index (χ1v) is 10.4. The van der Waals surface area contributed by atoms with Gasteiger partial charge in [-0.2, -0.15) is 0 Å². The molecule has 3 heterocycles. The van der Waals surface area contributed by atoms with E-state index in [0.29, 0.717) is 41.5 Å². The van der Waals surface area contributed by atoms with Gasteiger partial charge in [0.15, 0.2) is 5.58 Å². The molecule has 0 aliphatic carbocycles. The summed E-state index contributed by atoms with van der Waals surface area (Å²) in [6, 6.07) is 13.6. The van der Waals surface area contributed by atoms with E-state index < -0.39 is 10.8 Å². The largest absolute Gasteiger partial charge is 0.436 e. The summed E-state index contributed by atoms with van der Waals surface area (Å²) in [4.78, 5) is 34.6. The maximum Gasteiger partial charge on any atom is 0.293 e. The van der Waals surface area contributed by atoms with Crippen molar-refractivity contribution in [3.8, 4) is 11.5 Å². The number of nitrogens with one attached hydrogen (secondary N) is 2. The minimum absolute atomic E-state index is 0.0945. The van der Waals surface area contributed by atoms with Crippen LogP contribution in [0.5, 0.6) is 0 Å². The van der Waals surface area contributed by atoms with E-state index in [9.17, 15) is 14.9 Å². The summed E-state index contributed by atoms with van der Waals surface area (Å²) in [5, 5.41) is 17.6. The first kappa shape index (κ1) is 20.6. The highest BCUT2D eigenvalue weighted by atomic mass is 16.6. The normalized spacial score (nSPS) is 13.8. The predicted molar refractivity (Wildman–Crippen MR) is 123 cm³/mol. The summed E-state index contributed by atoms with van der Waals surface area (Å²) < 4.78 is 5.76. The summed E-state index contributed by atoms with van der Waals surface area (Å²) in [6.45, 7) is 2.84. The molecule has 0 atom stereocenters. The summed E-state index contributed by atoms with van der Waals surface area (Å²) in [5.41, 5.74) is 3.00. The second-order valence-electron chi connectivity index (χ2n) is 7.60. The number of nitrogens with zero attached hydrogens (tertiary/aromatic N) is 4. The van der Waals surface area contributed by atoms with Crippen molar-refractivity contribution < 1.29 is 14.1 Å². The lowest BCUT2D eigenvalue weighted by atomic mass is 10.1. The molecule has 4 aromatic rings. The minimum atomic E-state index is -0.471. The molecule has 2 N–H and O–H groups in total. The summed E-state index contributed by atoms with van der Waals surface area (Å²) >= 11 is 0. The Hall–Kier alpha value is -4.31. The van der Waals surface area contributed by atoms with Gasteiger partial charge < -0.3 is 20.0 Å². The molecule has 1 amide bonds. The average Bonchev–Trinajstić information content (AvgIpc) is 3.29. The smallest absolute Gasteiger partial charge is 0.293 e. The number of anilines is 2. The quantitative estimate of drug-likeness (QED) is 0.354. The number of carbonyl (C=O) groups excluding carboxylic acids is 1. The SMILES string of the molecule is O=C(Nc1cncc(-c2nc3ccccc3o2)c1)c1ccc(N2CCNCC2)c([N+](=O)[O-])c1. The molecule has 33 heavy (non-hydrogen) atoms. The van der Waals surface area contributed by atoms with Crippen LogP contribution in [0.2, 0.25) is 0 Å². The van der Waals surface area contributed by atoms with Crippen LogP contribution in [0.25, 0.3) is 22.6 Å². The number of piperazine rings is 1. The number of carbonyl (C=O) groups is 1. The standard InChI is InChI=1S/C23H20N6O4/c30-22(15-5-6-19(20(12-15)29(31)32)28-9-7-24-8-10-28)26-17-11-16(13-25-14-17)23-27-18-3-1-2-4-21(18)33-23/h1-6,11-14,24H,7-10H2,(H,26,30). The second kappa shape index (κ2) is 8.67. The van der Waals surface area contributed by atoms with Crippen LogP contribution in [0.15, 0.2) is 65.3 Å². The molecule has 2 aromatic carbocycles. The number of nitro groups is 1. The molecule has 10 nitrogen and oxygen atoms in total. The van der Waals surface area contributed by atoms with Crippen LogP contribution in [-0.4, -0.2) is 47.0 Å². The monoisotopic (exact) mass is 444 g/mol. The number of nitro benzene ring substituents is 1. The highest BCUT2D eigenvalue weighted by Gasteiger charge is 2.23. The van der Waals surface area contributed by atoms with Crippen molar-refractivity contribution in [1.82, 2.24) is 15.3 Å². The number of aromatic nitrogens is 2. The van der Waals surface area contributed by atoms with Gasteiger partial charge >= 0.3 is 0 Å². The van der Waals surface area contributed by atoms with Gasteiger partial charge in [-0.1, -0.05) is 12.1 Å². The highest BCUT2D eigenvalue weighted by molar-refractivity contribution is 6.05. The Morgan fingerprint density at radius 3 is 2.73 bits per heavy atom. The topological polar surface area (TPSA) is 126 Å². The Balaban J connectivity index is 1.38. The summed E-state index contributed by atoms with van der Waals surface area (Å²) in [6.07, 6.45) is 3.08. The summed E-state index contributed by atoms with van der Waals surface area (Å²) in [5.74, 6) is -0.0858. The van der Waals surface area contributed by atoms with Crippen molar-refractivity contribution in [2.24, 2.45) is 0 Å². The molecule has 166 valence electrons. The van der Waals surface area contributed by atoms with Crippen molar-refractivity contribution in [3.63, 3.8) is 0 Å². The average molecular weight is 444 g/mol. The molecule has 0 unspecified atom stereocenters. The van der Waals surface area contributed by atoms with Crippen molar-refractivity contribution in [1.29, 1.82) is 0 Å². The molecule has 0 saturated carbocycles. The van der Waals surface area contributed by atoms with Crippen LogP contribution in [0, 0.1) is 10.1 Å². The lowest BCUT2D eigenvalue weighted by Crippen LogP contribution is -2.43. The predicted octanol–water partition coefficient (Wildman–Crippen LogP) is 3.46. The number of hydrogen-bond acceptors (Lipinski definition) is 8. The molecule has 5 rings (SSSR count). The van der Waals surface area contributed by atoms with Crippen molar-refractivity contribution in [2.75, 3.05) is 36.4 Å². The lowest BCUT2D eigenvalue weighted by Gasteiger charge is -2.29. The van der Waals surface area contributed by atoms with Gasteiger partial charge in [-0.05, 0) is 30.3 Å². The number of fused-ring (bicyclic) bond motifs is 1. The van der Waals surface area contributed by atoms with Crippen LogP contribution in [0.4, 0.5) is 17.1 Å². The van der Waals surface area contributed by atoms with Crippen molar-refractivity contribution >= 4 is 34.1 Å². The van der Waals surface area contributed by atoms with Crippen molar-refractivity contribution in [2.45, 2.75) is 0 Å². The fourth-order valence-electron chi connectivity index (χ4n) is 3.81. The van der Waals surface area contributed by atoms with E-state index in [1.165, 1.54) is 12.3 Å². The lowest BCUT2D eigenvalue weighted by molar-refractivity contribution is -0.384. The summed E-state index contributed by atoms with van der Waals surface area (Å²) in [7, 11) is 0. The fourth-order valence-corrected chi connectivity index (χ4v) is 3.81. The molecular formula is C23H20N6O4. The van der Waals surface area contributed by atoms with Crippen LogP contribution < -0.4 is 15.5 Å². The van der Waals surface area contributed by atoms with E-state index >= 15 is 0 Å². The molecule has 10 heteroatoms. The second-order valence-corrected chi connectivity index (χ2v) is 7.60. The third-order valence-electron chi connectivity index (χ3n) is 5.43. The Morgan fingerprint density at radius 2 is 1.94 bits per heavy atom. The molecule has 1 fully saturated rings. The third kappa shape index (κ3) is 4.23. The molecule has 1 saturated heterocycles. The van der Waals surface area contributed by atoms with E-state index in [1.807, 2.05) is 29.2 Å². The van der Waals surface area contributed by atoms with E-state index in [1.54, 1.807) is 24.4 Å². The van der Waals surface area contributed by atoms with Crippen LogP contribution in [0.3, 0.4) is 0 Å². The van der Waals surface area contributed by atoms with Gasteiger partial charge in [0, 0.05) is 44.0 Å². The number of pyridine rings is 1. The molecule has 1 aliphatic rings. The number of hydrogen-bond donors (Lipinski definition) is 2. The molecule has 1 aliphatic heterocycles. The van der Waals surface area contributed by atoms with Crippen molar-refractivity contribution in [3.05, 3.63) is 76.6 Å². The number of rotatable bonds is 5. The minimum Gasteiger partial charge on any atom is -0.436 e. The first-order valence-electron chi connectivity index (χ1n) is 10.4. The Labute approximate surface area is 188 Å². The Morgan fingerprint density at radius 1 is 1.12 bits per heavy atom. The first-order chi connectivity index (χ1) is 16.1. The van der Waals surface area contributed by atoms with Gasteiger partial charge in [0.05, 0.1) is 22.4 Å². The molecule has 0 spiro atoms. The number of amides is 1. The van der Waals surface area contributed by atoms with Gasteiger partial charge in [-0.3, -0.25) is 19.9 Å². The van der Waals surface area contributed by atoms with Gasteiger partial charge in [0.25, 0.3) is 11.6 Å². The molecular weight excluding hydrogens is 424 g/mol. The van der Waals surface area contributed by atoms with E-state index in [-0.39, 0.29) is 11.3 Å². The van der Waals surface area contributed by atoms with Gasteiger partial charge in [0.2, 0.25) is 5.89 Å². The highest BCUT2D eigenvalue weighted by Crippen LogP contribution is 2.30. The number of oxazole rings is 1. The number of benzene rings is 2. The fraction of sp³-hybridized carbons (Fsp3) is 0.174. The van der Waals surface area contributed by atoms with E-state index in [0.717, 1.165) is 18.6 Å². The zero-order valence-electron chi connectivity index (χ0n) is 17.5. The Bertz CT molecular complexity index is 1310. The maximum absolute atomic E-state index is 12.8. The molecule has 2 aromatic heterocycles. The van der Waals surface area contributed by atoms with Crippen LogP contribution in [-0.2, 0) is 0 Å². The van der Waals surface area contributed by atoms with Gasteiger partial charge in [0.1, 0.15) is 11.2 Å².